The SMILES string of the molecule is CC(C)NCc1occc1-c1ccc2ccccc2n1. The molecule has 2 heterocycles. The maximum atomic E-state index is 5.58. The molecule has 0 fully saturated rings. The molecule has 0 bridgehead atoms. The zero-order valence-corrected chi connectivity index (χ0v) is 11.8. The minimum Gasteiger partial charge on any atom is -0.467 e. The second kappa shape index (κ2) is 5.47. The molecule has 102 valence electrons. The van der Waals surface area contributed by atoms with E-state index in [9.17, 15) is 0 Å². The molecule has 0 radical (unpaired) electrons. The highest BCUT2D eigenvalue weighted by atomic mass is 16.3. The quantitative estimate of drug-likeness (QED) is 0.775. The molecule has 3 nitrogen and oxygen atoms in total. The van der Waals surface area contributed by atoms with Crippen molar-refractivity contribution < 1.29 is 4.42 Å². The molecule has 1 aromatic carbocycles. The topological polar surface area (TPSA) is 38.1 Å². The fraction of sp³-hybridized carbons (Fsp3) is 0.235. The summed E-state index contributed by atoms with van der Waals surface area (Å²) in [5.74, 6) is 0.932. The molecule has 0 aliphatic heterocycles. The van der Waals surface area contributed by atoms with Gasteiger partial charge in [0.15, 0.2) is 0 Å². The lowest BCUT2D eigenvalue weighted by molar-refractivity contribution is 0.466. The molecule has 0 spiro atoms. The average Bonchev–Trinajstić information content (AvgIpc) is 2.93. The largest absolute Gasteiger partial charge is 0.467 e. The Morgan fingerprint density at radius 2 is 1.95 bits per heavy atom. The number of furan rings is 1. The maximum absolute atomic E-state index is 5.58. The van der Waals surface area contributed by atoms with Crippen LogP contribution in [0.25, 0.3) is 22.2 Å². The summed E-state index contributed by atoms with van der Waals surface area (Å²) in [6.07, 6.45) is 1.73. The summed E-state index contributed by atoms with van der Waals surface area (Å²) < 4.78 is 5.58. The third-order valence-corrected chi connectivity index (χ3v) is 3.29. The molecule has 0 amide bonds. The summed E-state index contributed by atoms with van der Waals surface area (Å²) in [5.41, 5.74) is 3.02. The van der Waals surface area contributed by atoms with E-state index in [1.165, 1.54) is 0 Å². The van der Waals surface area contributed by atoms with Crippen LogP contribution in [0.15, 0.2) is 53.1 Å². The van der Waals surface area contributed by atoms with Gasteiger partial charge < -0.3 is 9.73 Å². The van der Waals surface area contributed by atoms with Crippen molar-refractivity contribution in [2.45, 2.75) is 26.4 Å². The number of hydrogen-bond acceptors (Lipinski definition) is 3. The molecule has 3 heteroatoms. The van der Waals surface area contributed by atoms with Crippen LogP contribution in [0, 0.1) is 0 Å². The van der Waals surface area contributed by atoms with Gasteiger partial charge in [0.25, 0.3) is 0 Å². The van der Waals surface area contributed by atoms with Gasteiger partial charge in [-0.25, -0.2) is 4.98 Å². The normalized spacial score (nSPS) is 11.3. The number of pyridine rings is 1. The molecule has 3 aromatic rings. The molecular weight excluding hydrogens is 248 g/mol. The number of hydrogen-bond donors (Lipinski definition) is 1. The Labute approximate surface area is 118 Å². The highest BCUT2D eigenvalue weighted by molar-refractivity contribution is 5.81. The molecule has 0 saturated carbocycles. The van der Waals surface area contributed by atoms with Gasteiger partial charge in [-0.1, -0.05) is 38.1 Å². The zero-order valence-electron chi connectivity index (χ0n) is 11.8. The van der Waals surface area contributed by atoms with Crippen molar-refractivity contribution in [1.82, 2.24) is 10.3 Å². The van der Waals surface area contributed by atoms with Crippen LogP contribution in [0.2, 0.25) is 0 Å². The molecule has 1 N–H and O–H groups in total. The van der Waals surface area contributed by atoms with E-state index in [0.29, 0.717) is 12.6 Å². The second-order valence-electron chi connectivity index (χ2n) is 5.18. The molecular formula is C17H18N2O. The van der Waals surface area contributed by atoms with Gasteiger partial charge >= 0.3 is 0 Å². The molecule has 2 aromatic heterocycles. The third-order valence-electron chi connectivity index (χ3n) is 3.29. The summed E-state index contributed by atoms with van der Waals surface area (Å²) in [4.78, 5) is 4.72. The first-order chi connectivity index (χ1) is 9.74. The van der Waals surface area contributed by atoms with Gasteiger partial charge in [-0.05, 0) is 18.2 Å². The Morgan fingerprint density at radius 3 is 2.80 bits per heavy atom. The number of rotatable bonds is 4. The lowest BCUT2D eigenvalue weighted by Crippen LogP contribution is -2.21. The number of nitrogens with zero attached hydrogens (tertiary/aromatic N) is 1. The van der Waals surface area contributed by atoms with Crippen LogP contribution in [0.5, 0.6) is 0 Å². The zero-order chi connectivity index (χ0) is 13.9. The van der Waals surface area contributed by atoms with Gasteiger partial charge in [0, 0.05) is 17.0 Å². The van der Waals surface area contributed by atoms with Crippen LogP contribution >= 0.6 is 0 Å². The van der Waals surface area contributed by atoms with Crippen LogP contribution in [0.4, 0.5) is 0 Å². The number of nitrogens with one attached hydrogen (secondary N) is 1. The minimum absolute atomic E-state index is 0.428. The Bertz CT molecular complexity index is 716. The monoisotopic (exact) mass is 266 g/mol. The van der Waals surface area contributed by atoms with Crippen molar-refractivity contribution in [3.63, 3.8) is 0 Å². The predicted molar refractivity (Wildman–Crippen MR) is 81.4 cm³/mol. The van der Waals surface area contributed by atoms with Crippen molar-refractivity contribution in [3.05, 3.63) is 54.5 Å². The highest BCUT2D eigenvalue weighted by Crippen LogP contribution is 2.25. The number of aromatic nitrogens is 1. The van der Waals surface area contributed by atoms with Crippen molar-refractivity contribution >= 4 is 10.9 Å². The summed E-state index contributed by atoms with van der Waals surface area (Å²) in [7, 11) is 0. The number of para-hydroxylation sites is 1. The lowest BCUT2D eigenvalue weighted by atomic mass is 10.1. The molecule has 20 heavy (non-hydrogen) atoms. The van der Waals surface area contributed by atoms with Gasteiger partial charge in [-0.2, -0.15) is 0 Å². The van der Waals surface area contributed by atoms with Crippen LogP contribution < -0.4 is 5.32 Å². The van der Waals surface area contributed by atoms with E-state index in [2.05, 4.69) is 31.3 Å². The Balaban J connectivity index is 1.96. The second-order valence-corrected chi connectivity index (χ2v) is 5.18. The molecule has 0 aliphatic rings. The Morgan fingerprint density at radius 1 is 1.10 bits per heavy atom. The summed E-state index contributed by atoms with van der Waals surface area (Å²) in [6, 6.07) is 14.7. The molecule has 0 saturated heterocycles. The van der Waals surface area contributed by atoms with E-state index in [1.807, 2.05) is 30.3 Å². The Hall–Kier alpha value is -2.13. The van der Waals surface area contributed by atoms with E-state index in [1.54, 1.807) is 6.26 Å². The maximum Gasteiger partial charge on any atom is 0.126 e. The average molecular weight is 266 g/mol. The third kappa shape index (κ3) is 2.58. The molecule has 0 unspecified atom stereocenters. The van der Waals surface area contributed by atoms with Gasteiger partial charge in [-0.3, -0.25) is 0 Å². The Kier molecular flexibility index (Phi) is 3.52. The van der Waals surface area contributed by atoms with E-state index < -0.39 is 0 Å². The summed E-state index contributed by atoms with van der Waals surface area (Å²) in [6.45, 7) is 4.96. The van der Waals surface area contributed by atoms with E-state index in [4.69, 9.17) is 9.40 Å². The van der Waals surface area contributed by atoms with E-state index in [0.717, 1.165) is 27.9 Å². The predicted octanol–water partition coefficient (Wildman–Crippen LogP) is 3.99. The lowest BCUT2D eigenvalue weighted by Gasteiger charge is -2.08. The first kappa shape index (κ1) is 12.9. The van der Waals surface area contributed by atoms with Gasteiger partial charge in [0.1, 0.15) is 5.76 Å². The van der Waals surface area contributed by atoms with Crippen molar-refractivity contribution in [2.24, 2.45) is 0 Å². The van der Waals surface area contributed by atoms with Crippen LogP contribution in [0.1, 0.15) is 19.6 Å². The van der Waals surface area contributed by atoms with Crippen LogP contribution in [0.3, 0.4) is 0 Å². The first-order valence-corrected chi connectivity index (χ1v) is 6.90. The smallest absolute Gasteiger partial charge is 0.126 e. The van der Waals surface area contributed by atoms with Crippen LogP contribution in [-0.4, -0.2) is 11.0 Å². The molecule has 0 atom stereocenters. The fourth-order valence-corrected chi connectivity index (χ4v) is 2.22. The highest BCUT2D eigenvalue weighted by Gasteiger charge is 2.10. The number of benzene rings is 1. The van der Waals surface area contributed by atoms with Crippen LogP contribution in [-0.2, 0) is 6.54 Å². The number of fused-ring (bicyclic) bond motifs is 1. The fourth-order valence-electron chi connectivity index (χ4n) is 2.22. The van der Waals surface area contributed by atoms with E-state index in [-0.39, 0.29) is 0 Å². The standard InChI is InChI=1S/C17H18N2O/c1-12(2)18-11-17-14(9-10-20-17)16-8-7-13-5-3-4-6-15(13)19-16/h3-10,12,18H,11H2,1-2H3. The van der Waals surface area contributed by atoms with Gasteiger partial charge in [0.05, 0.1) is 24.0 Å². The summed E-state index contributed by atoms with van der Waals surface area (Å²) >= 11 is 0. The van der Waals surface area contributed by atoms with Crippen molar-refractivity contribution in [1.29, 1.82) is 0 Å². The van der Waals surface area contributed by atoms with E-state index >= 15 is 0 Å². The van der Waals surface area contributed by atoms with Gasteiger partial charge in [0.2, 0.25) is 0 Å². The summed E-state index contributed by atoms with van der Waals surface area (Å²) in [5, 5.41) is 4.53. The van der Waals surface area contributed by atoms with Crippen molar-refractivity contribution in [2.75, 3.05) is 0 Å². The first-order valence-electron chi connectivity index (χ1n) is 6.90. The molecule has 0 aliphatic carbocycles. The van der Waals surface area contributed by atoms with Crippen molar-refractivity contribution in [3.8, 4) is 11.3 Å². The molecule has 3 rings (SSSR count). The van der Waals surface area contributed by atoms with Gasteiger partial charge in [-0.15, -0.1) is 0 Å². The minimum atomic E-state index is 0.428.